The van der Waals surface area contributed by atoms with Crippen LogP contribution in [0.1, 0.15) is 5.76 Å². The molecule has 0 amide bonds. The summed E-state index contributed by atoms with van der Waals surface area (Å²) in [7, 11) is 4.16. The molecule has 0 saturated heterocycles. The fraction of sp³-hybridized carbons (Fsp3) is 0.444. The van der Waals surface area contributed by atoms with Crippen LogP contribution in [0.2, 0.25) is 0 Å². The Labute approximate surface area is 103 Å². The highest BCUT2D eigenvalue weighted by atomic mass is 79.9. The van der Waals surface area contributed by atoms with E-state index in [1.807, 2.05) is 0 Å². The number of esters is 1. The molecule has 0 aliphatic carbocycles. The summed E-state index contributed by atoms with van der Waals surface area (Å²) < 4.78 is 15.3. The molecule has 0 aliphatic heterocycles. The van der Waals surface area contributed by atoms with Crippen LogP contribution < -0.4 is 5.23 Å². The zero-order valence-corrected chi connectivity index (χ0v) is 10.6. The minimum absolute atomic E-state index is 0.374. The summed E-state index contributed by atoms with van der Waals surface area (Å²) in [5.74, 6) is 0.306. The Morgan fingerprint density at radius 3 is 2.88 bits per heavy atom. The summed E-state index contributed by atoms with van der Waals surface area (Å²) in [6.07, 6.45) is 0.387. The number of hydrogen-bond acceptors (Lipinski definition) is 5. The lowest BCUT2D eigenvalue weighted by Crippen LogP contribution is -2.42. The lowest BCUT2D eigenvalue weighted by atomic mass is 10.1. The van der Waals surface area contributed by atoms with Gasteiger partial charge in [0.25, 0.3) is 0 Å². The Balaban J connectivity index is 2.59. The fourth-order valence-electron chi connectivity index (χ4n) is 1.17. The molecule has 0 bridgehead atoms. The highest BCUT2D eigenvalue weighted by Gasteiger charge is 2.20. The SMILES string of the molecule is CO[B]N[C@@H](Cc1ccc(Br)o1)C(=O)OC. The Morgan fingerprint density at radius 1 is 1.62 bits per heavy atom. The van der Waals surface area contributed by atoms with Gasteiger partial charge in [-0.2, -0.15) is 0 Å². The average Bonchev–Trinajstić information content (AvgIpc) is 2.69. The van der Waals surface area contributed by atoms with E-state index in [2.05, 4.69) is 25.9 Å². The van der Waals surface area contributed by atoms with E-state index in [1.54, 1.807) is 12.1 Å². The molecule has 87 valence electrons. The van der Waals surface area contributed by atoms with Crippen LogP contribution in [-0.2, 0) is 20.6 Å². The molecule has 1 heterocycles. The predicted octanol–water partition coefficient (Wildman–Crippen LogP) is 0.896. The summed E-state index contributed by atoms with van der Waals surface area (Å²) in [5, 5.41) is 2.78. The molecule has 0 aliphatic rings. The van der Waals surface area contributed by atoms with Gasteiger partial charge in [-0.05, 0) is 28.1 Å². The van der Waals surface area contributed by atoms with Gasteiger partial charge in [0.1, 0.15) is 11.8 Å². The average molecular weight is 289 g/mol. The zero-order valence-electron chi connectivity index (χ0n) is 9.03. The number of ether oxygens (including phenoxy) is 1. The molecule has 1 N–H and O–H groups in total. The number of halogens is 1. The van der Waals surface area contributed by atoms with E-state index >= 15 is 0 Å². The van der Waals surface area contributed by atoms with Gasteiger partial charge in [-0.1, -0.05) is 0 Å². The van der Waals surface area contributed by atoms with E-state index < -0.39 is 6.04 Å². The monoisotopic (exact) mass is 288 g/mol. The van der Waals surface area contributed by atoms with E-state index in [4.69, 9.17) is 9.07 Å². The van der Waals surface area contributed by atoms with Crippen molar-refractivity contribution in [3.63, 3.8) is 0 Å². The molecule has 1 atom stereocenters. The second-order valence-electron chi connectivity index (χ2n) is 3.01. The van der Waals surface area contributed by atoms with Gasteiger partial charge in [-0.25, -0.2) is 0 Å². The molecule has 16 heavy (non-hydrogen) atoms. The first-order chi connectivity index (χ1) is 7.67. The summed E-state index contributed by atoms with van der Waals surface area (Å²) in [5.41, 5.74) is 0. The quantitative estimate of drug-likeness (QED) is 0.622. The highest BCUT2D eigenvalue weighted by molar-refractivity contribution is 9.10. The predicted molar refractivity (Wildman–Crippen MR) is 61.8 cm³/mol. The smallest absolute Gasteiger partial charge is 0.396 e. The van der Waals surface area contributed by atoms with Gasteiger partial charge in [-0.3, -0.25) is 4.79 Å². The van der Waals surface area contributed by atoms with E-state index in [-0.39, 0.29) is 5.97 Å². The second kappa shape index (κ2) is 6.72. The summed E-state index contributed by atoms with van der Waals surface area (Å²) in [4.78, 5) is 11.4. The fourth-order valence-corrected chi connectivity index (χ4v) is 1.51. The summed E-state index contributed by atoms with van der Waals surface area (Å²) >= 11 is 3.19. The molecule has 0 fully saturated rings. The largest absolute Gasteiger partial charge is 0.468 e. The van der Waals surface area contributed by atoms with Crippen LogP contribution in [0, 0.1) is 0 Å². The highest BCUT2D eigenvalue weighted by Crippen LogP contribution is 2.15. The molecule has 0 aromatic carbocycles. The molecular weight excluding hydrogens is 277 g/mol. The molecule has 7 heteroatoms. The standard InChI is InChI=1S/C9H12BBrNO4/c1-14-9(13)7(12-10-15-2)5-6-3-4-8(11)16-6/h3-4,7,12H,5H2,1-2H3/t7-/m0/s1. The van der Waals surface area contributed by atoms with Crippen LogP contribution >= 0.6 is 15.9 Å². The molecule has 1 aromatic heterocycles. The van der Waals surface area contributed by atoms with Gasteiger partial charge < -0.3 is 19.0 Å². The molecule has 1 radical (unpaired) electrons. The van der Waals surface area contributed by atoms with Crippen LogP contribution in [0.15, 0.2) is 21.2 Å². The maximum absolute atomic E-state index is 11.4. The first-order valence-electron chi connectivity index (χ1n) is 4.60. The third kappa shape index (κ3) is 4.00. The van der Waals surface area contributed by atoms with Crippen LogP contribution in [0.3, 0.4) is 0 Å². The van der Waals surface area contributed by atoms with Crippen molar-refractivity contribution in [1.82, 2.24) is 5.23 Å². The van der Waals surface area contributed by atoms with Crippen molar-refractivity contribution in [3.8, 4) is 0 Å². The molecule has 0 saturated carbocycles. The first-order valence-corrected chi connectivity index (χ1v) is 5.39. The van der Waals surface area contributed by atoms with Crippen molar-refractivity contribution < 1.29 is 18.6 Å². The minimum atomic E-state index is -0.525. The Hall–Kier alpha value is -0.785. The van der Waals surface area contributed by atoms with Gasteiger partial charge >= 0.3 is 13.6 Å². The van der Waals surface area contributed by atoms with Crippen molar-refractivity contribution in [2.45, 2.75) is 12.5 Å². The van der Waals surface area contributed by atoms with Crippen molar-refractivity contribution in [2.75, 3.05) is 14.2 Å². The number of hydrogen-bond donors (Lipinski definition) is 1. The van der Waals surface area contributed by atoms with Gasteiger partial charge in [-0.15, -0.1) is 0 Å². The first kappa shape index (κ1) is 13.3. The minimum Gasteiger partial charge on any atom is -0.468 e. The number of methoxy groups -OCH3 is 1. The zero-order chi connectivity index (χ0) is 12.0. The lowest BCUT2D eigenvalue weighted by molar-refractivity contribution is -0.142. The number of carbonyl (C=O) groups is 1. The number of carbonyl (C=O) groups excluding carboxylic acids is 1. The third-order valence-corrected chi connectivity index (χ3v) is 2.33. The molecule has 5 nitrogen and oxygen atoms in total. The Bertz CT molecular complexity index is 344. The van der Waals surface area contributed by atoms with E-state index in [0.29, 0.717) is 16.9 Å². The maximum Gasteiger partial charge on any atom is 0.396 e. The van der Waals surface area contributed by atoms with Crippen LogP contribution in [0.5, 0.6) is 0 Å². The lowest BCUT2D eigenvalue weighted by Gasteiger charge is -2.13. The van der Waals surface area contributed by atoms with E-state index in [0.717, 1.165) is 0 Å². The van der Waals surface area contributed by atoms with E-state index in [1.165, 1.54) is 21.8 Å². The van der Waals surface area contributed by atoms with E-state index in [9.17, 15) is 4.79 Å². The van der Waals surface area contributed by atoms with Crippen molar-refractivity contribution in [3.05, 3.63) is 22.6 Å². The summed E-state index contributed by atoms with van der Waals surface area (Å²) in [6, 6.07) is 3.03. The van der Waals surface area contributed by atoms with Gasteiger partial charge in [0.15, 0.2) is 4.67 Å². The van der Waals surface area contributed by atoms with Crippen LogP contribution in [0.25, 0.3) is 0 Å². The number of nitrogens with one attached hydrogen (secondary N) is 1. The maximum atomic E-state index is 11.4. The molecule has 1 rings (SSSR count). The topological polar surface area (TPSA) is 60.7 Å². The van der Waals surface area contributed by atoms with Gasteiger partial charge in [0, 0.05) is 13.5 Å². The Morgan fingerprint density at radius 2 is 2.38 bits per heavy atom. The van der Waals surface area contributed by atoms with Crippen LogP contribution in [-0.4, -0.2) is 33.8 Å². The van der Waals surface area contributed by atoms with Crippen LogP contribution in [0.4, 0.5) is 0 Å². The van der Waals surface area contributed by atoms with Gasteiger partial charge in [0.05, 0.1) is 7.11 Å². The van der Waals surface area contributed by atoms with Crippen molar-refractivity contribution in [1.29, 1.82) is 0 Å². The normalized spacial score (nSPS) is 12.2. The molecular formula is C9H12BBrNO4. The van der Waals surface area contributed by atoms with Crippen molar-refractivity contribution >= 4 is 29.5 Å². The summed E-state index contributed by atoms with van der Waals surface area (Å²) in [6.45, 7) is 0. The molecule has 0 unspecified atom stereocenters. The molecule has 0 spiro atoms. The molecule has 1 aromatic rings. The second-order valence-corrected chi connectivity index (χ2v) is 3.79. The Kier molecular flexibility index (Phi) is 5.58. The van der Waals surface area contributed by atoms with Crippen molar-refractivity contribution in [2.24, 2.45) is 0 Å². The number of rotatable bonds is 6. The number of furan rings is 1. The third-order valence-electron chi connectivity index (χ3n) is 1.91. The van der Waals surface area contributed by atoms with Gasteiger partial charge in [0.2, 0.25) is 0 Å².